The van der Waals surface area contributed by atoms with E-state index >= 15 is 0 Å². The van der Waals surface area contributed by atoms with Gasteiger partial charge in [0, 0.05) is 35.2 Å². The molecule has 1 aromatic carbocycles. The van der Waals surface area contributed by atoms with E-state index in [2.05, 4.69) is 23.7 Å². The van der Waals surface area contributed by atoms with Gasteiger partial charge in [0.25, 0.3) is 0 Å². The summed E-state index contributed by atoms with van der Waals surface area (Å²) in [7, 11) is 0. The summed E-state index contributed by atoms with van der Waals surface area (Å²) in [6.45, 7) is 9.73. The molecule has 3 rings (SSSR count). The second kappa shape index (κ2) is 5.86. The Morgan fingerprint density at radius 3 is 2.59 bits per heavy atom. The molecule has 2 aromatic rings. The van der Waals surface area contributed by atoms with Crippen molar-refractivity contribution in [3.05, 3.63) is 35.5 Å². The lowest BCUT2D eigenvalue weighted by atomic mass is 10.00. The molecule has 0 aliphatic carbocycles. The van der Waals surface area contributed by atoms with Crippen LogP contribution < -0.4 is 0 Å². The summed E-state index contributed by atoms with van der Waals surface area (Å²) in [6, 6.07) is 7.87. The highest BCUT2D eigenvalue weighted by Crippen LogP contribution is 2.25. The van der Waals surface area contributed by atoms with E-state index in [0.29, 0.717) is 0 Å². The summed E-state index contributed by atoms with van der Waals surface area (Å²) in [5, 5.41) is 1.02. The Bertz CT molecular complexity index is 681. The van der Waals surface area contributed by atoms with Crippen molar-refractivity contribution in [1.82, 2.24) is 9.88 Å². The molecule has 0 bridgehead atoms. The quantitative estimate of drug-likeness (QED) is 0.886. The monoisotopic (exact) mass is 300 g/mol. The number of carbonyl (C=O) groups excluding carboxylic acids is 1. The predicted molar refractivity (Wildman–Crippen MR) is 88.4 cm³/mol. The first kappa shape index (κ1) is 15.3. The number of nitrogens with one attached hydrogen (secondary N) is 1. The van der Waals surface area contributed by atoms with Crippen LogP contribution in [-0.4, -0.2) is 47.0 Å². The summed E-state index contributed by atoms with van der Waals surface area (Å²) < 4.78 is 5.77. The Labute approximate surface area is 131 Å². The third-order valence-corrected chi connectivity index (χ3v) is 4.51. The number of hydrogen-bond acceptors (Lipinski definition) is 3. The Balaban J connectivity index is 1.90. The molecular weight excluding hydrogens is 276 g/mol. The van der Waals surface area contributed by atoms with Crippen molar-refractivity contribution in [2.24, 2.45) is 0 Å². The number of morpholine rings is 1. The van der Waals surface area contributed by atoms with Crippen LogP contribution in [0.25, 0.3) is 10.9 Å². The third-order valence-electron chi connectivity index (χ3n) is 4.51. The number of aryl methyl sites for hydroxylation is 1. The van der Waals surface area contributed by atoms with Crippen molar-refractivity contribution in [2.75, 3.05) is 13.1 Å². The zero-order chi connectivity index (χ0) is 15.9. The molecule has 22 heavy (non-hydrogen) atoms. The van der Waals surface area contributed by atoms with Crippen LogP contribution in [0.4, 0.5) is 0 Å². The lowest BCUT2D eigenvalue weighted by Gasteiger charge is -2.38. The van der Waals surface area contributed by atoms with E-state index in [0.717, 1.165) is 35.2 Å². The fourth-order valence-electron chi connectivity index (χ4n) is 3.50. The summed E-state index contributed by atoms with van der Waals surface area (Å²) in [5.41, 5.74) is 2.81. The average molecular weight is 300 g/mol. The smallest absolute Gasteiger partial charge is 0.182 e. The zero-order valence-electron chi connectivity index (χ0n) is 13.7. The largest absolute Gasteiger partial charge is 0.373 e. The van der Waals surface area contributed by atoms with Gasteiger partial charge in [-0.25, -0.2) is 0 Å². The maximum Gasteiger partial charge on any atom is 0.182 e. The van der Waals surface area contributed by atoms with E-state index in [1.807, 2.05) is 38.1 Å². The highest BCUT2D eigenvalue weighted by molar-refractivity contribution is 6.11. The van der Waals surface area contributed by atoms with Crippen molar-refractivity contribution in [3.8, 4) is 0 Å². The number of carbonyl (C=O) groups is 1. The second-order valence-electron chi connectivity index (χ2n) is 6.42. The van der Waals surface area contributed by atoms with E-state index in [1.54, 1.807) is 0 Å². The number of nitrogens with zero attached hydrogens (tertiary/aromatic N) is 1. The standard InChI is InChI=1S/C18H24N2O2/c1-11-9-20(10-12(2)22-11)14(4)18(21)17-13(3)19-16-8-6-5-7-15(16)17/h5-8,11-12,14,19H,9-10H2,1-4H3/t11-,12+,14-/m0/s1. The molecule has 4 nitrogen and oxygen atoms in total. The predicted octanol–water partition coefficient (Wildman–Crippen LogP) is 3.16. The number of aromatic amines is 1. The number of fused-ring (bicyclic) bond motifs is 1. The molecule has 1 aliphatic rings. The van der Waals surface area contributed by atoms with Crippen molar-refractivity contribution in [2.45, 2.75) is 45.9 Å². The molecule has 118 valence electrons. The van der Waals surface area contributed by atoms with Crippen LogP contribution in [0, 0.1) is 6.92 Å². The summed E-state index contributed by atoms with van der Waals surface area (Å²) in [5.74, 6) is 0.191. The number of H-pyrrole nitrogens is 1. The molecule has 2 heterocycles. The van der Waals surface area contributed by atoms with Gasteiger partial charge in [-0.05, 0) is 33.8 Å². The number of Topliss-reactive ketones (excluding diaryl/α,β-unsaturated/α-hetero) is 1. The number of aromatic nitrogens is 1. The first-order chi connectivity index (χ1) is 10.5. The molecule has 1 aliphatic heterocycles. The Morgan fingerprint density at radius 2 is 1.91 bits per heavy atom. The second-order valence-corrected chi connectivity index (χ2v) is 6.42. The molecule has 0 spiro atoms. The van der Waals surface area contributed by atoms with Crippen molar-refractivity contribution in [3.63, 3.8) is 0 Å². The minimum atomic E-state index is -0.133. The lowest BCUT2D eigenvalue weighted by Crippen LogP contribution is -2.51. The van der Waals surface area contributed by atoms with E-state index in [4.69, 9.17) is 4.74 Å². The normalized spacial score (nSPS) is 24.5. The van der Waals surface area contributed by atoms with Crippen LogP contribution >= 0.6 is 0 Å². The van der Waals surface area contributed by atoms with E-state index in [-0.39, 0.29) is 24.0 Å². The molecule has 1 N–H and O–H groups in total. The Hall–Kier alpha value is -1.65. The first-order valence-electron chi connectivity index (χ1n) is 7.98. The average Bonchev–Trinajstić information content (AvgIpc) is 2.80. The van der Waals surface area contributed by atoms with Gasteiger partial charge in [0.1, 0.15) is 0 Å². The van der Waals surface area contributed by atoms with E-state index in [1.165, 1.54) is 0 Å². The van der Waals surface area contributed by atoms with Crippen LogP contribution in [0.1, 0.15) is 36.8 Å². The zero-order valence-corrected chi connectivity index (χ0v) is 13.7. The van der Waals surface area contributed by atoms with Gasteiger partial charge < -0.3 is 9.72 Å². The van der Waals surface area contributed by atoms with Gasteiger partial charge in [0.2, 0.25) is 0 Å². The Morgan fingerprint density at radius 1 is 1.27 bits per heavy atom. The molecule has 0 amide bonds. The van der Waals surface area contributed by atoms with Crippen LogP contribution in [0.15, 0.2) is 24.3 Å². The molecule has 0 radical (unpaired) electrons. The van der Waals surface area contributed by atoms with Gasteiger partial charge in [0.15, 0.2) is 5.78 Å². The highest BCUT2D eigenvalue weighted by Gasteiger charge is 2.31. The highest BCUT2D eigenvalue weighted by atomic mass is 16.5. The molecule has 0 unspecified atom stereocenters. The number of hydrogen-bond donors (Lipinski definition) is 1. The van der Waals surface area contributed by atoms with Gasteiger partial charge in [0.05, 0.1) is 18.2 Å². The van der Waals surface area contributed by atoms with Crippen LogP contribution in [-0.2, 0) is 4.74 Å². The van der Waals surface area contributed by atoms with Crippen molar-refractivity contribution in [1.29, 1.82) is 0 Å². The minimum Gasteiger partial charge on any atom is -0.373 e. The van der Waals surface area contributed by atoms with E-state index < -0.39 is 0 Å². The maximum absolute atomic E-state index is 13.1. The molecule has 1 fully saturated rings. The van der Waals surface area contributed by atoms with Crippen LogP contribution in [0.2, 0.25) is 0 Å². The van der Waals surface area contributed by atoms with Crippen LogP contribution in [0.3, 0.4) is 0 Å². The molecule has 4 heteroatoms. The summed E-state index contributed by atoms with van der Waals surface area (Å²) in [4.78, 5) is 18.6. The van der Waals surface area contributed by atoms with Crippen molar-refractivity contribution >= 4 is 16.7 Å². The van der Waals surface area contributed by atoms with Crippen LogP contribution in [0.5, 0.6) is 0 Å². The Kier molecular flexibility index (Phi) is 4.06. The first-order valence-corrected chi connectivity index (χ1v) is 7.98. The number of ketones is 1. The number of benzene rings is 1. The van der Waals surface area contributed by atoms with Crippen molar-refractivity contribution < 1.29 is 9.53 Å². The molecule has 3 atom stereocenters. The third kappa shape index (κ3) is 2.69. The summed E-state index contributed by atoms with van der Waals surface area (Å²) in [6.07, 6.45) is 0.339. The van der Waals surface area contributed by atoms with Gasteiger partial charge in [-0.15, -0.1) is 0 Å². The van der Waals surface area contributed by atoms with Gasteiger partial charge in [-0.3, -0.25) is 9.69 Å². The van der Waals surface area contributed by atoms with Gasteiger partial charge in [-0.2, -0.15) is 0 Å². The number of rotatable bonds is 3. The fourth-order valence-corrected chi connectivity index (χ4v) is 3.50. The maximum atomic E-state index is 13.1. The van der Waals surface area contributed by atoms with Gasteiger partial charge >= 0.3 is 0 Å². The lowest BCUT2D eigenvalue weighted by molar-refractivity contribution is -0.0744. The number of para-hydroxylation sites is 1. The minimum absolute atomic E-state index is 0.133. The molecule has 1 aromatic heterocycles. The molecule has 1 saturated heterocycles. The topological polar surface area (TPSA) is 45.3 Å². The van der Waals surface area contributed by atoms with Gasteiger partial charge in [-0.1, -0.05) is 18.2 Å². The number of ether oxygens (including phenoxy) is 1. The SMILES string of the molecule is Cc1[nH]c2ccccc2c1C(=O)[C@H](C)N1C[C@@H](C)O[C@@H](C)C1. The molecular formula is C18H24N2O2. The fraction of sp³-hybridized carbons (Fsp3) is 0.500. The molecule has 0 saturated carbocycles. The van der Waals surface area contributed by atoms with E-state index in [9.17, 15) is 4.79 Å². The summed E-state index contributed by atoms with van der Waals surface area (Å²) >= 11 is 0.